The van der Waals surface area contributed by atoms with Crippen LogP contribution in [0.2, 0.25) is 0 Å². The second-order valence-electron chi connectivity index (χ2n) is 6.20. The molecule has 0 bridgehead atoms. The van der Waals surface area contributed by atoms with E-state index in [1.165, 1.54) is 13.2 Å². The van der Waals surface area contributed by atoms with Gasteiger partial charge in [0.1, 0.15) is 0 Å². The molecule has 0 saturated heterocycles. The summed E-state index contributed by atoms with van der Waals surface area (Å²) in [5.74, 6) is -0.254. The smallest absolute Gasteiger partial charge is 0.238 e. The number of hydrogen-bond donors (Lipinski definition) is 1. The Balaban J connectivity index is 1.98. The molecule has 0 atom stereocenters. The molecule has 134 valence electrons. The Kier molecular flexibility index (Phi) is 6.53. The molecule has 2 rings (SSSR count). The average molecular weight is 344 g/mol. The van der Waals surface area contributed by atoms with E-state index in [2.05, 4.69) is 11.4 Å². The Hall–Kier alpha value is -2.40. The number of aryl methyl sites for hydroxylation is 2. The van der Waals surface area contributed by atoms with Gasteiger partial charge in [-0.05, 0) is 61.3 Å². The lowest BCUT2D eigenvalue weighted by Gasteiger charge is -2.20. The number of halogens is 1. The van der Waals surface area contributed by atoms with Crippen LogP contribution in [0, 0.1) is 19.7 Å². The first-order valence-corrected chi connectivity index (χ1v) is 8.34. The number of methoxy groups -OCH3 is 1. The third-order valence-corrected chi connectivity index (χ3v) is 3.94. The minimum absolute atomic E-state index is 0.0826. The lowest BCUT2D eigenvalue weighted by Crippen LogP contribution is -2.32. The van der Waals surface area contributed by atoms with Gasteiger partial charge < -0.3 is 10.1 Å². The first kappa shape index (κ1) is 18.9. The van der Waals surface area contributed by atoms with Crippen molar-refractivity contribution >= 4 is 11.6 Å². The van der Waals surface area contributed by atoms with Gasteiger partial charge in [-0.15, -0.1) is 0 Å². The van der Waals surface area contributed by atoms with Gasteiger partial charge in [0.15, 0.2) is 11.6 Å². The molecule has 0 aliphatic carbocycles. The van der Waals surface area contributed by atoms with Crippen LogP contribution in [0.5, 0.6) is 5.75 Å². The molecule has 1 amide bonds. The van der Waals surface area contributed by atoms with E-state index >= 15 is 0 Å². The summed E-state index contributed by atoms with van der Waals surface area (Å²) in [5, 5.41) is 2.93. The summed E-state index contributed by atoms with van der Waals surface area (Å²) in [4.78, 5) is 14.3. The molecule has 0 saturated carbocycles. The number of ether oxygens (including phenoxy) is 1. The Labute approximate surface area is 148 Å². The Morgan fingerprint density at radius 2 is 1.84 bits per heavy atom. The van der Waals surface area contributed by atoms with E-state index in [4.69, 9.17) is 4.74 Å². The average Bonchev–Trinajstić information content (AvgIpc) is 2.53. The molecule has 0 heterocycles. The maximum Gasteiger partial charge on any atom is 0.238 e. The number of carbonyl (C=O) groups excluding carboxylic acids is 1. The monoisotopic (exact) mass is 344 g/mol. The summed E-state index contributed by atoms with van der Waals surface area (Å²) in [7, 11) is 1.44. The minimum atomic E-state index is -0.393. The number of nitrogens with one attached hydrogen (secondary N) is 1. The molecule has 25 heavy (non-hydrogen) atoms. The molecule has 0 unspecified atom stereocenters. The minimum Gasteiger partial charge on any atom is -0.494 e. The normalized spacial score (nSPS) is 10.8. The number of nitrogens with zero attached hydrogens (tertiary/aromatic N) is 1. The molecule has 5 heteroatoms. The standard InChI is InChI=1S/C20H25FN2O2/c1-5-23(12-16-6-7-19(25-4)18(21)11-16)13-20(24)22-17-9-14(2)8-15(3)10-17/h6-11H,5,12-13H2,1-4H3,(H,22,24). The molecule has 0 aromatic heterocycles. The number of hydrogen-bond acceptors (Lipinski definition) is 3. The first-order valence-electron chi connectivity index (χ1n) is 8.34. The third-order valence-electron chi connectivity index (χ3n) is 3.94. The number of benzene rings is 2. The SMILES string of the molecule is CCN(CC(=O)Nc1cc(C)cc(C)c1)Cc1ccc(OC)c(F)c1. The van der Waals surface area contributed by atoms with Gasteiger partial charge in [-0.3, -0.25) is 9.69 Å². The molecule has 0 aliphatic rings. The van der Waals surface area contributed by atoms with Crippen LogP contribution < -0.4 is 10.1 Å². The van der Waals surface area contributed by atoms with Gasteiger partial charge >= 0.3 is 0 Å². The van der Waals surface area contributed by atoms with Gasteiger partial charge in [0.25, 0.3) is 0 Å². The summed E-state index contributed by atoms with van der Waals surface area (Å²) < 4.78 is 18.7. The van der Waals surface area contributed by atoms with E-state index in [1.807, 2.05) is 43.9 Å². The molecule has 2 aromatic carbocycles. The Bertz CT molecular complexity index is 726. The van der Waals surface area contributed by atoms with E-state index in [1.54, 1.807) is 6.07 Å². The highest BCUT2D eigenvalue weighted by molar-refractivity contribution is 5.92. The molecule has 2 aromatic rings. The van der Waals surface area contributed by atoms with Crippen LogP contribution in [0.25, 0.3) is 0 Å². The Morgan fingerprint density at radius 3 is 2.40 bits per heavy atom. The number of anilines is 1. The summed E-state index contributed by atoms with van der Waals surface area (Å²) in [6.07, 6.45) is 0. The fraction of sp³-hybridized carbons (Fsp3) is 0.350. The van der Waals surface area contributed by atoms with E-state index in [0.717, 1.165) is 22.4 Å². The topological polar surface area (TPSA) is 41.6 Å². The summed E-state index contributed by atoms with van der Waals surface area (Å²) >= 11 is 0. The van der Waals surface area contributed by atoms with Gasteiger partial charge in [-0.1, -0.05) is 19.1 Å². The van der Waals surface area contributed by atoms with Crippen LogP contribution in [0.3, 0.4) is 0 Å². The van der Waals surface area contributed by atoms with Crippen LogP contribution in [0.4, 0.5) is 10.1 Å². The quantitative estimate of drug-likeness (QED) is 0.828. The highest BCUT2D eigenvalue weighted by Gasteiger charge is 2.12. The van der Waals surface area contributed by atoms with Crippen molar-refractivity contribution in [3.63, 3.8) is 0 Å². The third kappa shape index (κ3) is 5.57. The first-order chi connectivity index (χ1) is 11.9. The van der Waals surface area contributed by atoms with Crippen LogP contribution in [0.1, 0.15) is 23.6 Å². The van der Waals surface area contributed by atoms with Gasteiger partial charge in [0.05, 0.1) is 13.7 Å². The lowest BCUT2D eigenvalue weighted by molar-refractivity contribution is -0.117. The van der Waals surface area contributed by atoms with Crippen molar-refractivity contribution in [3.05, 3.63) is 58.9 Å². The highest BCUT2D eigenvalue weighted by Crippen LogP contribution is 2.19. The molecular weight excluding hydrogens is 319 g/mol. The van der Waals surface area contributed by atoms with Crippen LogP contribution in [-0.2, 0) is 11.3 Å². The predicted octanol–water partition coefficient (Wildman–Crippen LogP) is 3.91. The van der Waals surface area contributed by atoms with Crippen LogP contribution in [0.15, 0.2) is 36.4 Å². The van der Waals surface area contributed by atoms with Crippen molar-refractivity contribution in [2.24, 2.45) is 0 Å². The zero-order chi connectivity index (χ0) is 18.4. The number of likely N-dealkylation sites (N-methyl/N-ethyl adjacent to an activating group) is 1. The molecule has 4 nitrogen and oxygen atoms in total. The van der Waals surface area contributed by atoms with Crippen LogP contribution in [-0.4, -0.2) is 31.0 Å². The highest BCUT2D eigenvalue weighted by atomic mass is 19.1. The maximum absolute atomic E-state index is 13.8. The number of rotatable bonds is 7. The predicted molar refractivity (Wildman–Crippen MR) is 98.4 cm³/mol. The maximum atomic E-state index is 13.8. The fourth-order valence-electron chi connectivity index (χ4n) is 2.80. The van der Waals surface area contributed by atoms with Crippen molar-refractivity contribution in [2.45, 2.75) is 27.3 Å². The van der Waals surface area contributed by atoms with E-state index < -0.39 is 5.82 Å². The van der Waals surface area contributed by atoms with Crippen molar-refractivity contribution < 1.29 is 13.9 Å². The fourth-order valence-corrected chi connectivity index (χ4v) is 2.80. The molecule has 1 N–H and O–H groups in total. The molecule has 0 radical (unpaired) electrons. The zero-order valence-corrected chi connectivity index (χ0v) is 15.2. The van der Waals surface area contributed by atoms with Crippen LogP contribution >= 0.6 is 0 Å². The summed E-state index contributed by atoms with van der Waals surface area (Å²) in [6.45, 7) is 7.41. The van der Waals surface area contributed by atoms with Crippen molar-refractivity contribution in [1.82, 2.24) is 4.90 Å². The number of carbonyl (C=O) groups is 1. The van der Waals surface area contributed by atoms with Crippen molar-refractivity contribution in [3.8, 4) is 5.75 Å². The van der Waals surface area contributed by atoms with Gasteiger partial charge in [-0.2, -0.15) is 0 Å². The van der Waals surface area contributed by atoms with E-state index in [9.17, 15) is 9.18 Å². The molecular formula is C20H25FN2O2. The second-order valence-corrected chi connectivity index (χ2v) is 6.20. The summed E-state index contributed by atoms with van der Waals surface area (Å²) in [5.41, 5.74) is 3.82. The van der Waals surface area contributed by atoms with Crippen molar-refractivity contribution in [2.75, 3.05) is 25.5 Å². The summed E-state index contributed by atoms with van der Waals surface area (Å²) in [6, 6.07) is 10.8. The Morgan fingerprint density at radius 1 is 1.16 bits per heavy atom. The number of amides is 1. The lowest BCUT2D eigenvalue weighted by atomic mass is 10.1. The molecule has 0 fully saturated rings. The van der Waals surface area contributed by atoms with E-state index in [0.29, 0.717) is 13.1 Å². The van der Waals surface area contributed by atoms with Gasteiger partial charge in [0.2, 0.25) is 5.91 Å². The molecule has 0 spiro atoms. The van der Waals surface area contributed by atoms with Gasteiger partial charge in [0, 0.05) is 12.2 Å². The largest absolute Gasteiger partial charge is 0.494 e. The van der Waals surface area contributed by atoms with Crippen molar-refractivity contribution in [1.29, 1.82) is 0 Å². The zero-order valence-electron chi connectivity index (χ0n) is 15.2. The van der Waals surface area contributed by atoms with E-state index in [-0.39, 0.29) is 18.2 Å². The molecule has 0 aliphatic heterocycles. The van der Waals surface area contributed by atoms with Gasteiger partial charge in [-0.25, -0.2) is 4.39 Å². The second kappa shape index (κ2) is 8.62.